The molecule has 0 saturated carbocycles. The maximum atomic E-state index is 13.7. The smallest absolute Gasteiger partial charge is 0.416 e. The second-order valence-corrected chi connectivity index (χ2v) is 12.0. The minimum Gasteiger partial charge on any atom is -0.489 e. The van der Waals surface area contributed by atoms with Crippen molar-refractivity contribution in [3.63, 3.8) is 0 Å². The van der Waals surface area contributed by atoms with Crippen LogP contribution in [0.25, 0.3) is 11.1 Å². The lowest BCUT2D eigenvalue weighted by atomic mass is 9.92. The van der Waals surface area contributed by atoms with E-state index in [0.717, 1.165) is 39.9 Å². The number of fused-ring (bicyclic) bond motifs is 1. The van der Waals surface area contributed by atoms with Crippen LogP contribution in [0.15, 0.2) is 97.1 Å². The van der Waals surface area contributed by atoms with Crippen LogP contribution in [0.5, 0.6) is 5.75 Å². The number of carbonyl (C=O) groups is 3. The monoisotopic (exact) mass is 659 g/mol. The lowest BCUT2D eigenvalue weighted by molar-refractivity contribution is -0.143. The van der Waals surface area contributed by atoms with Gasteiger partial charge in [-0.3, -0.25) is 14.5 Å². The lowest BCUT2D eigenvalue weighted by Gasteiger charge is -2.36. The van der Waals surface area contributed by atoms with Crippen molar-refractivity contribution in [1.82, 2.24) is 15.1 Å². The number of carboxylic acids is 1. The third-order valence-corrected chi connectivity index (χ3v) is 8.35. The van der Waals surface area contributed by atoms with Crippen LogP contribution < -0.4 is 10.1 Å². The zero-order valence-corrected chi connectivity index (χ0v) is 26.5. The zero-order chi connectivity index (χ0) is 34.4. The predicted molar refractivity (Wildman–Crippen MR) is 174 cm³/mol. The summed E-state index contributed by atoms with van der Waals surface area (Å²) in [5.41, 5.74) is 4.27. The van der Waals surface area contributed by atoms with Crippen LogP contribution in [-0.4, -0.2) is 65.4 Å². The van der Waals surface area contributed by atoms with E-state index in [0.29, 0.717) is 11.3 Å². The van der Waals surface area contributed by atoms with Crippen LogP contribution in [0.4, 0.5) is 13.2 Å². The van der Waals surface area contributed by atoms with E-state index in [2.05, 4.69) is 5.32 Å². The van der Waals surface area contributed by atoms with Crippen molar-refractivity contribution in [2.24, 2.45) is 0 Å². The quantitative estimate of drug-likeness (QED) is 0.218. The van der Waals surface area contributed by atoms with Crippen molar-refractivity contribution in [2.45, 2.75) is 44.3 Å². The molecule has 48 heavy (non-hydrogen) atoms. The molecule has 0 fully saturated rings. The summed E-state index contributed by atoms with van der Waals surface area (Å²) in [5.74, 6) is -1.40. The molecule has 11 heteroatoms. The molecule has 1 aliphatic rings. The molecule has 0 unspecified atom stereocenters. The number of amides is 2. The fourth-order valence-corrected chi connectivity index (χ4v) is 5.57. The molecular weight excluding hydrogens is 623 g/mol. The largest absolute Gasteiger partial charge is 0.489 e. The summed E-state index contributed by atoms with van der Waals surface area (Å²) in [7, 11) is 3.23. The van der Waals surface area contributed by atoms with Crippen LogP contribution in [0.2, 0.25) is 0 Å². The average molecular weight is 660 g/mol. The molecule has 0 spiro atoms. The zero-order valence-electron chi connectivity index (χ0n) is 26.5. The molecule has 0 radical (unpaired) electrons. The Labute approximate surface area is 276 Å². The Morgan fingerprint density at radius 3 is 2.17 bits per heavy atom. The van der Waals surface area contributed by atoms with Crippen molar-refractivity contribution < 1.29 is 37.4 Å². The van der Waals surface area contributed by atoms with E-state index in [1.165, 1.54) is 17.0 Å². The van der Waals surface area contributed by atoms with E-state index in [1.54, 1.807) is 31.1 Å². The van der Waals surface area contributed by atoms with Crippen LogP contribution in [0, 0.1) is 0 Å². The van der Waals surface area contributed by atoms with E-state index >= 15 is 0 Å². The van der Waals surface area contributed by atoms with Crippen LogP contribution >= 0.6 is 0 Å². The van der Waals surface area contributed by atoms with Gasteiger partial charge in [0.15, 0.2) is 0 Å². The van der Waals surface area contributed by atoms with E-state index in [-0.39, 0.29) is 38.4 Å². The Bertz CT molecular complexity index is 1740. The molecule has 2 atom stereocenters. The van der Waals surface area contributed by atoms with Gasteiger partial charge in [-0.15, -0.1) is 0 Å². The number of carboxylic acid groups (broad SMARTS) is 1. The molecule has 5 rings (SSSR count). The van der Waals surface area contributed by atoms with Gasteiger partial charge in [-0.25, -0.2) is 4.79 Å². The predicted octanol–water partition coefficient (Wildman–Crippen LogP) is 5.58. The number of nitrogens with one attached hydrogen (secondary N) is 1. The summed E-state index contributed by atoms with van der Waals surface area (Å²) >= 11 is 0. The molecule has 1 aliphatic heterocycles. The van der Waals surface area contributed by atoms with E-state index < -0.39 is 35.7 Å². The topological polar surface area (TPSA) is 99.2 Å². The van der Waals surface area contributed by atoms with Crippen molar-refractivity contribution in [1.29, 1.82) is 0 Å². The number of halogens is 3. The first-order valence-corrected chi connectivity index (χ1v) is 15.4. The number of benzene rings is 4. The number of hydrogen-bond donors (Lipinski definition) is 2. The highest BCUT2D eigenvalue weighted by Gasteiger charge is 2.35. The van der Waals surface area contributed by atoms with Gasteiger partial charge in [0.2, 0.25) is 11.8 Å². The lowest BCUT2D eigenvalue weighted by Crippen LogP contribution is -2.56. The molecule has 4 aromatic rings. The molecule has 2 amide bonds. The summed E-state index contributed by atoms with van der Waals surface area (Å²) in [6.45, 7) is 0.208. The van der Waals surface area contributed by atoms with Crippen LogP contribution in [-0.2, 0) is 46.6 Å². The van der Waals surface area contributed by atoms with Gasteiger partial charge in [-0.1, -0.05) is 72.8 Å². The van der Waals surface area contributed by atoms with Gasteiger partial charge in [-0.05, 0) is 64.1 Å². The summed E-state index contributed by atoms with van der Waals surface area (Å²) in [6.07, 6.45) is -4.11. The van der Waals surface area contributed by atoms with Gasteiger partial charge >= 0.3 is 12.1 Å². The normalized spacial score (nSPS) is 15.2. The van der Waals surface area contributed by atoms with E-state index in [4.69, 9.17) is 4.74 Å². The molecular formula is C37H36F3N3O5. The molecule has 0 aromatic heterocycles. The van der Waals surface area contributed by atoms with Crippen molar-refractivity contribution in [3.8, 4) is 16.9 Å². The first-order valence-electron chi connectivity index (χ1n) is 15.4. The van der Waals surface area contributed by atoms with Gasteiger partial charge in [-0.2, -0.15) is 13.2 Å². The fraction of sp³-hybridized carbons (Fsp3) is 0.270. The maximum Gasteiger partial charge on any atom is 0.416 e. The van der Waals surface area contributed by atoms with Gasteiger partial charge in [0.1, 0.15) is 18.4 Å². The van der Waals surface area contributed by atoms with Gasteiger partial charge in [0.05, 0.1) is 18.2 Å². The molecule has 8 nitrogen and oxygen atoms in total. The number of hydrogen-bond acceptors (Lipinski definition) is 5. The minimum atomic E-state index is -4.42. The minimum absolute atomic E-state index is 0.0519. The Hall–Kier alpha value is -5.16. The molecule has 250 valence electrons. The second-order valence-electron chi connectivity index (χ2n) is 12.0. The Kier molecular flexibility index (Phi) is 10.5. The molecule has 0 saturated heterocycles. The van der Waals surface area contributed by atoms with Crippen LogP contribution in [0.3, 0.4) is 0 Å². The number of rotatable bonds is 11. The first-order chi connectivity index (χ1) is 22.9. The highest BCUT2D eigenvalue weighted by Crippen LogP contribution is 2.30. The molecule has 4 aromatic carbocycles. The Balaban J connectivity index is 1.28. The third-order valence-electron chi connectivity index (χ3n) is 8.35. The summed E-state index contributed by atoms with van der Waals surface area (Å²) in [6, 6.07) is 25.4. The summed E-state index contributed by atoms with van der Waals surface area (Å²) < 4.78 is 44.6. The highest BCUT2D eigenvalue weighted by molar-refractivity contribution is 5.88. The number of carbonyl (C=O) groups excluding carboxylic acids is 2. The molecule has 0 bridgehead atoms. The van der Waals surface area contributed by atoms with E-state index in [9.17, 15) is 32.7 Å². The average Bonchev–Trinajstić information content (AvgIpc) is 3.07. The van der Waals surface area contributed by atoms with Crippen LogP contribution in [0.1, 0.15) is 27.8 Å². The number of aliphatic carboxylic acids is 1. The van der Waals surface area contributed by atoms with E-state index in [1.807, 2.05) is 60.7 Å². The Morgan fingerprint density at radius 1 is 0.896 bits per heavy atom. The van der Waals surface area contributed by atoms with Gasteiger partial charge in [0, 0.05) is 27.1 Å². The summed E-state index contributed by atoms with van der Waals surface area (Å²) in [4.78, 5) is 41.9. The Morgan fingerprint density at radius 2 is 1.54 bits per heavy atom. The summed E-state index contributed by atoms with van der Waals surface area (Å²) in [5, 5.41) is 12.7. The number of ether oxygens (including phenoxy) is 1. The van der Waals surface area contributed by atoms with Gasteiger partial charge in [0.25, 0.3) is 0 Å². The molecule has 2 N–H and O–H groups in total. The first kappa shape index (κ1) is 34.2. The van der Waals surface area contributed by atoms with Gasteiger partial charge < -0.3 is 20.1 Å². The SMILES string of the molecule is CN(C)C(=O)CN1Cc2cc(OCc3ccc(C(F)(F)F)cc3)ccc2C[C@H]1C(=O)N[C@@H](Cc1ccc(-c2ccccc2)cc1)C(=O)O. The third kappa shape index (κ3) is 8.60. The van der Waals surface area contributed by atoms with Crippen molar-refractivity contribution in [3.05, 3.63) is 125 Å². The molecule has 1 heterocycles. The van der Waals surface area contributed by atoms with Crippen molar-refractivity contribution >= 4 is 17.8 Å². The number of likely N-dealkylation sites (N-methyl/N-ethyl adjacent to an activating group) is 1. The second kappa shape index (κ2) is 14.7. The highest BCUT2D eigenvalue weighted by atomic mass is 19.4. The molecule has 0 aliphatic carbocycles. The number of alkyl halides is 3. The van der Waals surface area contributed by atoms with Crippen molar-refractivity contribution in [2.75, 3.05) is 20.6 Å². The maximum absolute atomic E-state index is 13.7. The standard InChI is InChI=1S/C37H36F3N3O5/c1-42(2)34(44)22-43-21-29-19-31(48-23-25-10-15-30(16-11-25)37(38,39)40)17-14-28(29)20-33(43)35(45)41-32(36(46)47)18-24-8-12-27(13-9-24)26-6-4-3-5-7-26/h3-17,19,32-33H,18,20-23H2,1-2H3,(H,41,45)(H,46,47)/t32-,33-/m0/s1. The number of nitrogens with zero attached hydrogens (tertiary/aromatic N) is 2. The fourth-order valence-electron chi connectivity index (χ4n) is 5.57.